The smallest absolute Gasteiger partial charge is 0.187 e. The predicted molar refractivity (Wildman–Crippen MR) is 81.8 cm³/mol. The zero-order chi connectivity index (χ0) is 15.1. The van der Waals surface area contributed by atoms with Crippen molar-refractivity contribution < 1.29 is 5.11 Å². The molecule has 0 saturated heterocycles. The van der Waals surface area contributed by atoms with Crippen LogP contribution in [-0.2, 0) is 5.60 Å². The van der Waals surface area contributed by atoms with Crippen molar-refractivity contribution in [2.24, 2.45) is 0 Å². The van der Waals surface area contributed by atoms with Crippen LogP contribution in [0.15, 0.2) is 35.3 Å². The monoisotopic (exact) mass is 291 g/mol. The Hall–Kier alpha value is -1.58. The highest BCUT2D eigenvalue weighted by molar-refractivity contribution is 6.31. The van der Waals surface area contributed by atoms with Crippen molar-refractivity contribution in [1.82, 2.24) is 4.57 Å². The minimum atomic E-state index is -1.18. The van der Waals surface area contributed by atoms with E-state index in [-0.39, 0.29) is 5.43 Å². The molecular formula is C16H18ClNO2. The summed E-state index contributed by atoms with van der Waals surface area (Å²) >= 11 is 6.15. The normalized spacial score (nSPS) is 11.7. The molecule has 0 unspecified atom stereocenters. The molecule has 0 aliphatic carbocycles. The molecule has 1 N–H and O–H groups in total. The van der Waals surface area contributed by atoms with Gasteiger partial charge in [-0.2, -0.15) is 0 Å². The van der Waals surface area contributed by atoms with Gasteiger partial charge in [0.1, 0.15) is 0 Å². The Morgan fingerprint density at radius 1 is 1.20 bits per heavy atom. The van der Waals surface area contributed by atoms with Crippen LogP contribution in [0.1, 0.15) is 30.7 Å². The lowest BCUT2D eigenvalue weighted by Crippen LogP contribution is -2.27. The van der Waals surface area contributed by atoms with Gasteiger partial charge in [-0.05, 0) is 45.4 Å². The fraction of sp³-hybridized carbons (Fsp3) is 0.312. The minimum absolute atomic E-state index is 0.163. The van der Waals surface area contributed by atoms with E-state index in [4.69, 9.17) is 11.6 Å². The lowest BCUT2D eigenvalue weighted by molar-refractivity contribution is 0.0769. The van der Waals surface area contributed by atoms with Gasteiger partial charge >= 0.3 is 0 Å². The van der Waals surface area contributed by atoms with Gasteiger partial charge in [-0.15, -0.1) is 0 Å². The van der Waals surface area contributed by atoms with E-state index in [1.165, 1.54) is 6.07 Å². The molecule has 20 heavy (non-hydrogen) atoms. The van der Waals surface area contributed by atoms with Gasteiger partial charge in [0.15, 0.2) is 5.43 Å². The Kier molecular flexibility index (Phi) is 3.76. The third-order valence-corrected chi connectivity index (χ3v) is 3.74. The second kappa shape index (κ2) is 5.08. The van der Waals surface area contributed by atoms with E-state index < -0.39 is 5.60 Å². The number of hydrogen-bond donors (Lipinski definition) is 1. The van der Waals surface area contributed by atoms with Gasteiger partial charge in [0, 0.05) is 34.2 Å². The summed E-state index contributed by atoms with van der Waals surface area (Å²) in [5, 5.41) is 10.8. The average molecular weight is 292 g/mol. The highest BCUT2D eigenvalue weighted by atomic mass is 35.5. The van der Waals surface area contributed by atoms with Crippen LogP contribution in [0.3, 0.4) is 0 Å². The van der Waals surface area contributed by atoms with Crippen LogP contribution in [0.5, 0.6) is 0 Å². The Bertz CT molecular complexity index is 711. The molecule has 0 bridgehead atoms. The number of pyridine rings is 1. The van der Waals surface area contributed by atoms with Crippen molar-refractivity contribution in [2.75, 3.05) is 0 Å². The molecule has 2 rings (SSSR count). The summed E-state index contributed by atoms with van der Waals surface area (Å²) < 4.78 is 1.86. The number of halogens is 1. The Morgan fingerprint density at radius 2 is 1.85 bits per heavy atom. The van der Waals surface area contributed by atoms with Crippen molar-refractivity contribution in [3.63, 3.8) is 0 Å². The summed E-state index contributed by atoms with van der Waals surface area (Å²) in [7, 11) is 0. The summed E-state index contributed by atoms with van der Waals surface area (Å²) in [4.78, 5) is 12.0. The SMILES string of the molecule is Cc1ccc(-n2cc(C(C)(C)O)c(=O)cc2C)cc1Cl. The van der Waals surface area contributed by atoms with Gasteiger partial charge in [0.25, 0.3) is 0 Å². The van der Waals surface area contributed by atoms with Crippen LogP contribution in [0.4, 0.5) is 0 Å². The predicted octanol–water partition coefficient (Wildman–Crippen LogP) is 3.34. The maximum Gasteiger partial charge on any atom is 0.187 e. The molecule has 0 fully saturated rings. The van der Waals surface area contributed by atoms with Crippen LogP contribution in [0.25, 0.3) is 5.69 Å². The summed E-state index contributed by atoms with van der Waals surface area (Å²) in [6.45, 7) is 6.99. The lowest BCUT2D eigenvalue weighted by Gasteiger charge is -2.20. The number of hydrogen-bond acceptors (Lipinski definition) is 2. The third kappa shape index (κ3) is 2.79. The first-order valence-electron chi connectivity index (χ1n) is 6.43. The van der Waals surface area contributed by atoms with Crippen LogP contribution >= 0.6 is 11.6 Å². The topological polar surface area (TPSA) is 42.2 Å². The minimum Gasteiger partial charge on any atom is -0.386 e. The quantitative estimate of drug-likeness (QED) is 0.922. The summed E-state index contributed by atoms with van der Waals surface area (Å²) in [5.41, 5.74) is 1.67. The number of nitrogens with zero attached hydrogens (tertiary/aromatic N) is 1. The van der Waals surface area contributed by atoms with Crippen LogP contribution in [-0.4, -0.2) is 9.67 Å². The van der Waals surface area contributed by atoms with Crippen molar-refractivity contribution >= 4 is 11.6 Å². The van der Waals surface area contributed by atoms with Gasteiger partial charge in [0.05, 0.1) is 5.60 Å². The molecule has 106 valence electrons. The molecule has 0 spiro atoms. The van der Waals surface area contributed by atoms with Gasteiger partial charge in [-0.1, -0.05) is 17.7 Å². The third-order valence-electron chi connectivity index (χ3n) is 3.34. The molecule has 0 saturated carbocycles. The van der Waals surface area contributed by atoms with E-state index >= 15 is 0 Å². The first-order chi connectivity index (χ1) is 9.20. The zero-order valence-corrected chi connectivity index (χ0v) is 12.8. The first kappa shape index (κ1) is 14.8. The van der Waals surface area contributed by atoms with E-state index in [9.17, 15) is 9.90 Å². The van der Waals surface area contributed by atoms with Crippen LogP contribution in [0, 0.1) is 13.8 Å². The van der Waals surface area contributed by atoms with E-state index in [1.54, 1.807) is 20.0 Å². The highest BCUT2D eigenvalue weighted by Crippen LogP contribution is 2.22. The zero-order valence-electron chi connectivity index (χ0n) is 12.1. The second-order valence-corrected chi connectivity index (χ2v) is 5.96. The largest absolute Gasteiger partial charge is 0.386 e. The van der Waals surface area contributed by atoms with Gasteiger partial charge in [0.2, 0.25) is 0 Å². The number of aromatic nitrogens is 1. The van der Waals surface area contributed by atoms with Gasteiger partial charge in [-0.25, -0.2) is 0 Å². The molecule has 0 aliphatic rings. The lowest BCUT2D eigenvalue weighted by atomic mass is 9.99. The van der Waals surface area contributed by atoms with E-state index in [1.807, 2.05) is 36.6 Å². The molecule has 3 nitrogen and oxygen atoms in total. The van der Waals surface area contributed by atoms with Crippen LogP contribution in [0.2, 0.25) is 5.02 Å². The maximum absolute atomic E-state index is 12.0. The molecule has 0 atom stereocenters. The molecule has 2 aromatic rings. The Morgan fingerprint density at radius 3 is 2.40 bits per heavy atom. The van der Waals surface area contributed by atoms with Crippen LogP contribution < -0.4 is 5.43 Å². The Labute approximate surface area is 123 Å². The van der Waals surface area contributed by atoms with Crippen molar-refractivity contribution in [3.8, 4) is 5.69 Å². The maximum atomic E-state index is 12.0. The molecule has 4 heteroatoms. The number of rotatable bonds is 2. The highest BCUT2D eigenvalue weighted by Gasteiger charge is 2.21. The molecule has 1 aromatic heterocycles. The fourth-order valence-electron chi connectivity index (χ4n) is 2.10. The van der Waals surface area contributed by atoms with Crippen molar-refractivity contribution in [1.29, 1.82) is 0 Å². The standard InChI is InChI=1S/C16H18ClNO2/c1-10-5-6-12(8-14(10)17)18-9-13(16(3,4)20)15(19)7-11(18)2/h5-9,20H,1-4H3. The van der Waals surface area contributed by atoms with E-state index in [0.29, 0.717) is 10.6 Å². The number of aryl methyl sites for hydroxylation is 2. The fourth-order valence-corrected chi connectivity index (χ4v) is 2.28. The molecule has 0 aliphatic heterocycles. The van der Waals surface area contributed by atoms with Gasteiger partial charge in [-0.3, -0.25) is 4.79 Å². The first-order valence-corrected chi connectivity index (χ1v) is 6.80. The summed E-state index contributed by atoms with van der Waals surface area (Å²) in [6, 6.07) is 7.25. The summed E-state index contributed by atoms with van der Waals surface area (Å²) in [5.74, 6) is 0. The molecule has 0 amide bonds. The molecule has 0 radical (unpaired) electrons. The van der Waals surface area contributed by atoms with Crippen molar-refractivity contribution in [2.45, 2.75) is 33.3 Å². The van der Waals surface area contributed by atoms with Gasteiger partial charge < -0.3 is 9.67 Å². The van der Waals surface area contributed by atoms with Crippen molar-refractivity contribution in [3.05, 3.63) is 62.5 Å². The molecule has 1 aromatic carbocycles. The number of aliphatic hydroxyl groups is 1. The molecule has 1 heterocycles. The van der Waals surface area contributed by atoms with E-state index in [0.717, 1.165) is 16.9 Å². The van der Waals surface area contributed by atoms with E-state index in [2.05, 4.69) is 0 Å². The molecular weight excluding hydrogens is 274 g/mol. The average Bonchev–Trinajstić information content (AvgIpc) is 2.31. The Balaban J connectivity index is 2.68. The summed E-state index contributed by atoms with van der Waals surface area (Å²) in [6.07, 6.45) is 1.68. The number of benzene rings is 1. The second-order valence-electron chi connectivity index (χ2n) is 5.56.